The van der Waals surface area contributed by atoms with Crippen molar-refractivity contribution in [1.82, 2.24) is 25.6 Å². The molecule has 29 heavy (non-hydrogen) atoms. The molecule has 2 aromatic heterocycles. The van der Waals surface area contributed by atoms with E-state index in [1.165, 1.54) is 11.8 Å². The standard InChI is InChI=1S/C19H20ClN5O3S/c1-12(2)10-25-17(15-8-5-9-28-15)22-24-19(25)29-11-16(26)21-23-18(27)13-6-3-4-7-14(13)20/h3-9,12H,10-11H2,1-2H3,(H,21,26)(H,23,27). The Labute approximate surface area is 177 Å². The molecule has 0 atom stereocenters. The van der Waals surface area contributed by atoms with E-state index in [9.17, 15) is 9.59 Å². The third kappa shape index (κ3) is 5.39. The van der Waals surface area contributed by atoms with Gasteiger partial charge in [-0.2, -0.15) is 0 Å². The van der Waals surface area contributed by atoms with Gasteiger partial charge in [-0.1, -0.05) is 49.3 Å². The average Bonchev–Trinajstić information content (AvgIpc) is 3.34. The molecule has 0 fully saturated rings. The van der Waals surface area contributed by atoms with Crippen LogP contribution in [0.1, 0.15) is 24.2 Å². The predicted octanol–water partition coefficient (Wildman–Crippen LogP) is 3.40. The fourth-order valence-electron chi connectivity index (χ4n) is 2.52. The van der Waals surface area contributed by atoms with Gasteiger partial charge in [-0.25, -0.2) is 0 Å². The SMILES string of the molecule is CC(C)Cn1c(SCC(=O)NNC(=O)c2ccccc2Cl)nnc1-c1ccco1. The molecule has 1 aromatic carbocycles. The summed E-state index contributed by atoms with van der Waals surface area (Å²) in [6.45, 7) is 4.84. The zero-order valence-corrected chi connectivity index (χ0v) is 17.5. The summed E-state index contributed by atoms with van der Waals surface area (Å²) in [5.41, 5.74) is 5.01. The number of hydrogen-bond acceptors (Lipinski definition) is 6. The predicted molar refractivity (Wildman–Crippen MR) is 110 cm³/mol. The lowest BCUT2D eigenvalue weighted by atomic mass is 10.2. The van der Waals surface area contributed by atoms with Crippen molar-refractivity contribution in [3.05, 3.63) is 53.2 Å². The van der Waals surface area contributed by atoms with Gasteiger partial charge in [0.25, 0.3) is 5.91 Å². The van der Waals surface area contributed by atoms with Crippen LogP contribution in [0.2, 0.25) is 5.02 Å². The molecule has 2 heterocycles. The van der Waals surface area contributed by atoms with Gasteiger partial charge in [0.15, 0.2) is 16.7 Å². The van der Waals surface area contributed by atoms with Crippen molar-refractivity contribution in [3.8, 4) is 11.6 Å². The third-order valence-electron chi connectivity index (χ3n) is 3.77. The lowest BCUT2D eigenvalue weighted by Gasteiger charge is -2.11. The Morgan fingerprint density at radius 1 is 1.17 bits per heavy atom. The Balaban J connectivity index is 1.60. The number of furan rings is 1. The van der Waals surface area contributed by atoms with E-state index in [4.69, 9.17) is 16.0 Å². The fourth-order valence-corrected chi connectivity index (χ4v) is 3.49. The molecule has 152 valence electrons. The van der Waals surface area contributed by atoms with Crippen LogP contribution in [0.25, 0.3) is 11.6 Å². The van der Waals surface area contributed by atoms with Crippen LogP contribution in [-0.4, -0.2) is 32.3 Å². The minimum atomic E-state index is -0.489. The molecular weight excluding hydrogens is 414 g/mol. The van der Waals surface area contributed by atoms with Crippen LogP contribution in [0, 0.1) is 5.92 Å². The van der Waals surface area contributed by atoms with Gasteiger partial charge < -0.3 is 4.42 Å². The fraction of sp³-hybridized carbons (Fsp3) is 0.263. The van der Waals surface area contributed by atoms with Crippen molar-refractivity contribution in [2.45, 2.75) is 25.5 Å². The van der Waals surface area contributed by atoms with Crippen LogP contribution in [-0.2, 0) is 11.3 Å². The average molecular weight is 434 g/mol. The highest BCUT2D eigenvalue weighted by Gasteiger charge is 2.18. The largest absolute Gasteiger partial charge is 0.461 e. The Morgan fingerprint density at radius 3 is 2.66 bits per heavy atom. The van der Waals surface area contributed by atoms with Gasteiger partial charge in [-0.15, -0.1) is 10.2 Å². The second kappa shape index (κ2) is 9.62. The number of aromatic nitrogens is 3. The maximum atomic E-state index is 12.2. The van der Waals surface area contributed by atoms with Crippen molar-refractivity contribution >= 4 is 35.2 Å². The first kappa shape index (κ1) is 20.9. The highest BCUT2D eigenvalue weighted by atomic mass is 35.5. The number of amides is 2. The second-order valence-corrected chi connectivity index (χ2v) is 7.91. The van der Waals surface area contributed by atoms with Crippen LogP contribution in [0.15, 0.2) is 52.2 Å². The number of hydrogen-bond donors (Lipinski definition) is 2. The number of carbonyl (C=O) groups excluding carboxylic acids is 2. The molecule has 3 rings (SSSR count). The maximum absolute atomic E-state index is 12.2. The molecule has 10 heteroatoms. The van der Waals surface area contributed by atoms with Gasteiger partial charge in [0.2, 0.25) is 5.91 Å². The maximum Gasteiger partial charge on any atom is 0.271 e. The summed E-state index contributed by atoms with van der Waals surface area (Å²) in [4.78, 5) is 24.3. The third-order valence-corrected chi connectivity index (χ3v) is 5.07. The molecule has 0 radical (unpaired) electrons. The molecule has 8 nitrogen and oxygen atoms in total. The lowest BCUT2D eigenvalue weighted by molar-refractivity contribution is -0.119. The second-order valence-electron chi connectivity index (χ2n) is 6.56. The zero-order chi connectivity index (χ0) is 20.8. The first-order valence-electron chi connectivity index (χ1n) is 8.89. The van der Waals surface area contributed by atoms with E-state index in [0.29, 0.717) is 34.2 Å². The highest BCUT2D eigenvalue weighted by Crippen LogP contribution is 2.25. The number of carbonyl (C=O) groups is 2. The Morgan fingerprint density at radius 2 is 1.97 bits per heavy atom. The molecule has 2 N–H and O–H groups in total. The summed E-state index contributed by atoms with van der Waals surface area (Å²) in [6.07, 6.45) is 1.58. The van der Waals surface area contributed by atoms with Crippen LogP contribution in [0.4, 0.5) is 0 Å². The first-order valence-corrected chi connectivity index (χ1v) is 10.3. The monoisotopic (exact) mass is 433 g/mol. The molecule has 0 saturated heterocycles. The molecule has 0 aliphatic carbocycles. The van der Waals surface area contributed by atoms with E-state index in [1.54, 1.807) is 36.6 Å². The Bertz CT molecular complexity index is 988. The van der Waals surface area contributed by atoms with Crippen molar-refractivity contribution in [2.24, 2.45) is 5.92 Å². The molecule has 2 amide bonds. The van der Waals surface area contributed by atoms with Crippen LogP contribution in [0.5, 0.6) is 0 Å². The Kier molecular flexibility index (Phi) is 6.95. The van der Waals surface area contributed by atoms with Gasteiger partial charge in [-0.05, 0) is 30.2 Å². The molecule has 0 spiro atoms. The van der Waals surface area contributed by atoms with Gasteiger partial charge in [0.05, 0.1) is 22.6 Å². The summed E-state index contributed by atoms with van der Waals surface area (Å²) < 4.78 is 7.35. The number of benzene rings is 1. The van der Waals surface area contributed by atoms with Crippen molar-refractivity contribution < 1.29 is 14.0 Å². The molecule has 3 aromatic rings. The van der Waals surface area contributed by atoms with Gasteiger partial charge in [-0.3, -0.25) is 25.0 Å². The number of thioether (sulfide) groups is 1. The number of nitrogens with one attached hydrogen (secondary N) is 2. The molecule has 0 saturated carbocycles. The quantitative estimate of drug-likeness (QED) is 0.437. The number of rotatable bonds is 7. The summed E-state index contributed by atoms with van der Waals surface area (Å²) in [5.74, 6) is 0.756. The summed E-state index contributed by atoms with van der Waals surface area (Å²) in [7, 11) is 0. The molecule has 0 aliphatic rings. The van der Waals surface area contributed by atoms with E-state index < -0.39 is 5.91 Å². The summed E-state index contributed by atoms with van der Waals surface area (Å²) in [5, 5.41) is 9.28. The molecule has 0 unspecified atom stereocenters. The highest BCUT2D eigenvalue weighted by molar-refractivity contribution is 7.99. The summed E-state index contributed by atoms with van der Waals surface area (Å²) >= 11 is 7.20. The smallest absolute Gasteiger partial charge is 0.271 e. The van der Waals surface area contributed by atoms with Crippen molar-refractivity contribution in [2.75, 3.05) is 5.75 Å². The molecule has 0 aliphatic heterocycles. The molecular formula is C19H20ClN5O3S. The number of nitrogens with zero attached hydrogens (tertiary/aromatic N) is 3. The van der Waals surface area contributed by atoms with Crippen LogP contribution < -0.4 is 10.9 Å². The van der Waals surface area contributed by atoms with Gasteiger partial charge >= 0.3 is 0 Å². The zero-order valence-electron chi connectivity index (χ0n) is 15.9. The molecule has 0 bridgehead atoms. The normalized spacial score (nSPS) is 10.9. The topological polar surface area (TPSA) is 102 Å². The lowest BCUT2D eigenvalue weighted by Crippen LogP contribution is -2.42. The number of halogens is 1. The van der Waals surface area contributed by atoms with Crippen LogP contribution >= 0.6 is 23.4 Å². The van der Waals surface area contributed by atoms with Crippen molar-refractivity contribution in [1.29, 1.82) is 0 Å². The minimum Gasteiger partial charge on any atom is -0.461 e. The minimum absolute atomic E-state index is 0.0528. The van der Waals surface area contributed by atoms with E-state index in [2.05, 4.69) is 34.9 Å². The van der Waals surface area contributed by atoms with E-state index in [0.717, 1.165) is 0 Å². The van der Waals surface area contributed by atoms with E-state index >= 15 is 0 Å². The number of hydrazine groups is 1. The van der Waals surface area contributed by atoms with Crippen LogP contribution in [0.3, 0.4) is 0 Å². The van der Waals surface area contributed by atoms with Gasteiger partial charge in [0, 0.05) is 6.54 Å². The van der Waals surface area contributed by atoms with Gasteiger partial charge in [0.1, 0.15) is 0 Å². The van der Waals surface area contributed by atoms with E-state index in [1.807, 2.05) is 10.6 Å². The van der Waals surface area contributed by atoms with Crippen molar-refractivity contribution in [3.63, 3.8) is 0 Å². The van der Waals surface area contributed by atoms with E-state index in [-0.39, 0.29) is 17.2 Å². The summed E-state index contributed by atoms with van der Waals surface area (Å²) in [6, 6.07) is 10.2. The Hall–Kier alpha value is -2.78. The first-order chi connectivity index (χ1) is 14.0.